The van der Waals surface area contributed by atoms with Gasteiger partial charge in [0, 0.05) is 6.54 Å². The topological polar surface area (TPSA) is 26.0 Å². The summed E-state index contributed by atoms with van der Waals surface area (Å²) in [7, 11) is 0. The fraction of sp³-hybridized carbons (Fsp3) is 0.333. The van der Waals surface area contributed by atoms with Crippen LogP contribution in [0.5, 0.6) is 0 Å². The second kappa shape index (κ2) is 17.2. The van der Waals surface area contributed by atoms with Crippen molar-refractivity contribution in [2.75, 3.05) is 6.54 Å². The number of hydrogen-bond acceptors (Lipinski definition) is 1. The summed E-state index contributed by atoms with van der Waals surface area (Å²) in [5.74, 6) is 0. The van der Waals surface area contributed by atoms with Crippen molar-refractivity contribution in [3.8, 4) is 0 Å². The molecule has 0 saturated carbocycles. The van der Waals surface area contributed by atoms with Crippen LogP contribution in [0.2, 0.25) is 0 Å². The van der Waals surface area contributed by atoms with E-state index in [1.807, 2.05) is 0 Å². The van der Waals surface area contributed by atoms with Crippen LogP contribution >= 0.6 is 0 Å². The average molecular weight is 200 g/mol. The van der Waals surface area contributed by atoms with Crippen LogP contribution in [0, 0.1) is 0 Å². The van der Waals surface area contributed by atoms with Crippen LogP contribution in [-0.2, 0) is 22.4 Å². The Labute approximate surface area is 59.9 Å². The summed E-state index contributed by atoms with van der Waals surface area (Å²) in [4.78, 5) is 0. The second-order valence-electron chi connectivity index (χ2n) is 0.524. The summed E-state index contributed by atoms with van der Waals surface area (Å²) < 4.78 is 0. The van der Waals surface area contributed by atoms with Gasteiger partial charge in [0.2, 0.25) is 0 Å². The standard InChI is InChI=1S/C3H7N.Ag.ClH/c1-2-3-4;;/h2H,1,3-4H2;;1H/q;+1;/p-1. The first kappa shape index (κ1) is 15.9. The van der Waals surface area contributed by atoms with Gasteiger partial charge in [-0.1, -0.05) is 6.08 Å². The van der Waals surface area contributed by atoms with Gasteiger partial charge in [-0.15, -0.1) is 6.58 Å². The van der Waals surface area contributed by atoms with Gasteiger partial charge in [0.1, 0.15) is 0 Å². The largest absolute Gasteiger partial charge is 1.00 e. The van der Waals surface area contributed by atoms with Crippen LogP contribution in [0.25, 0.3) is 0 Å². The molecule has 0 atom stereocenters. The molecule has 2 N–H and O–H groups in total. The maximum atomic E-state index is 4.91. The molecule has 0 aromatic heterocycles. The summed E-state index contributed by atoms with van der Waals surface area (Å²) >= 11 is 0. The first-order chi connectivity index (χ1) is 1.91. The first-order valence-corrected chi connectivity index (χ1v) is 1.22. The van der Waals surface area contributed by atoms with Crippen molar-refractivity contribution in [3.63, 3.8) is 0 Å². The Morgan fingerprint density at radius 3 is 1.83 bits per heavy atom. The molecule has 0 saturated heterocycles. The Hall–Kier alpha value is 0.730. The zero-order valence-electron chi connectivity index (χ0n) is 3.25. The smallest absolute Gasteiger partial charge is 1.00 e. The summed E-state index contributed by atoms with van der Waals surface area (Å²) in [6.07, 6.45) is 1.65. The molecule has 42 valence electrons. The Morgan fingerprint density at radius 2 is 1.83 bits per heavy atom. The molecule has 0 aromatic rings. The molecule has 0 rings (SSSR count). The molecule has 0 heterocycles. The number of nitrogens with two attached hydrogens (primary N) is 1. The van der Waals surface area contributed by atoms with E-state index in [1.165, 1.54) is 0 Å². The summed E-state index contributed by atoms with van der Waals surface area (Å²) in [5.41, 5.74) is 4.91. The third-order valence-corrected chi connectivity index (χ3v) is 0.167. The molecule has 0 aliphatic carbocycles. The minimum atomic E-state index is 0. The summed E-state index contributed by atoms with van der Waals surface area (Å²) in [5, 5.41) is 0. The quantitative estimate of drug-likeness (QED) is 0.357. The van der Waals surface area contributed by atoms with Crippen LogP contribution in [0.4, 0.5) is 0 Å². The van der Waals surface area contributed by atoms with Gasteiger partial charge in [0.05, 0.1) is 0 Å². The number of hydrogen-bond donors (Lipinski definition) is 1. The van der Waals surface area contributed by atoms with E-state index >= 15 is 0 Å². The molecule has 1 nitrogen and oxygen atoms in total. The van der Waals surface area contributed by atoms with Crippen LogP contribution in [0.1, 0.15) is 0 Å². The third-order valence-electron chi connectivity index (χ3n) is 0.167. The fourth-order valence-corrected chi connectivity index (χ4v) is 0. The van der Waals surface area contributed by atoms with Crippen LogP contribution in [-0.4, -0.2) is 6.54 Å². The molecule has 0 aromatic carbocycles. The van der Waals surface area contributed by atoms with E-state index in [0.717, 1.165) is 0 Å². The van der Waals surface area contributed by atoms with Gasteiger partial charge in [-0.2, -0.15) is 0 Å². The van der Waals surface area contributed by atoms with Crippen molar-refractivity contribution in [3.05, 3.63) is 12.7 Å². The number of halogens is 1. The van der Waals surface area contributed by atoms with Gasteiger partial charge in [0.15, 0.2) is 0 Å². The van der Waals surface area contributed by atoms with Crippen LogP contribution < -0.4 is 18.1 Å². The average Bonchev–Trinajstić information content (AvgIpc) is 1.37. The van der Waals surface area contributed by atoms with Gasteiger partial charge in [0.25, 0.3) is 0 Å². The molecule has 6 heavy (non-hydrogen) atoms. The van der Waals surface area contributed by atoms with Crippen molar-refractivity contribution >= 4 is 0 Å². The van der Waals surface area contributed by atoms with Crippen molar-refractivity contribution in [1.29, 1.82) is 0 Å². The molecular formula is C3H7AgClN. The van der Waals surface area contributed by atoms with Gasteiger partial charge in [-0.3, -0.25) is 0 Å². The van der Waals surface area contributed by atoms with Crippen LogP contribution in [0.15, 0.2) is 12.7 Å². The summed E-state index contributed by atoms with van der Waals surface area (Å²) in [6, 6.07) is 0. The molecule has 0 amide bonds. The monoisotopic (exact) mass is 199 g/mol. The Morgan fingerprint density at radius 1 is 1.67 bits per heavy atom. The molecule has 0 aliphatic heterocycles. The van der Waals surface area contributed by atoms with E-state index in [9.17, 15) is 0 Å². The molecule has 0 bridgehead atoms. The molecule has 0 radical (unpaired) electrons. The van der Waals surface area contributed by atoms with Gasteiger partial charge >= 0.3 is 22.4 Å². The van der Waals surface area contributed by atoms with E-state index in [4.69, 9.17) is 5.73 Å². The van der Waals surface area contributed by atoms with E-state index in [-0.39, 0.29) is 34.8 Å². The third kappa shape index (κ3) is 22.0. The molecule has 0 aliphatic rings. The fourth-order valence-electron chi connectivity index (χ4n) is 0. The Kier molecular flexibility index (Phi) is 45.5. The predicted octanol–water partition coefficient (Wildman–Crippen LogP) is -2.87. The minimum Gasteiger partial charge on any atom is -1.00 e. The van der Waals surface area contributed by atoms with Crippen molar-refractivity contribution < 1.29 is 34.8 Å². The SMILES string of the molecule is C=CCN.[Ag+].[Cl-]. The molecule has 0 spiro atoms. The van der Waals surface area contributed by atoms with Gasteiger partial charge < -0.3 is 18.1 Å². The maximum absolute atomic E-state index is 4.91. The van der Waals surface area contributed by atoms with E-state index in [0.29, 0.717) is 6.54 Å². The molecule has 0 fully saturated rings. The minimum absolute atomic E-state index is 0. The maximum Gasteiger partial charge on any atom is 1.00 e. The van der Waals surface area contributed by atoms with Crippen molar-refractivity contribution in [2.24, 2.45) is 5.73 Å². The first-order valence-electron chi connectivity index (χ1n) is 1.22. The van der Waals surface area contributed by atoms with Crippen molar-refractivity contribution in [2.45, 2.75) is 0 Å². The van der Waals surface area contributed by atoms with Gasteiger partial charge in [-0.25, -0.2) is 0 Å². The molecular weight excluding hydrogens is 193 g/mol. The van der Waals surface area contributed by atoms with E-state index in [1.54, 1.807) is 6.08 Å². The van der Waals surface area contributed by atoms with Crippen LogP contribution in [0.3, 0.4) is 0 Å². The van der Waals surface area contributed by atoms with Crippen molar-refractivity contribution in [1.82, 2.24) is 0 Å². The molecule has 3 heteroatoms. The second-order valence-corrected chi connectivity index (χ2v) is 0.524. The van der Waals surface area contributed by atoms with Gasteiger partial charge in [-0.05, 0) is 0 Å². The number of rotatable bonds is 1. The zero-order valence-corrected chi connectivity index (χ0v) is 5.49. The Bertz CT molecular complexity index is 24.8. The van der Waals surface area contributed by atoms with E-state index in [2.05, 4.69) is 6.58 Å². The van der Waals surface area contributed by atoms with E-state index < -0.39 is 0 Å². The predicted molar refractivity (Wildman–Crippen MR) is 19.3 cm³/mol. The normalized spacial score (nSPS) is 4.17. The Balaban J connectivity index is -0.0000000450. The summed E-state index contributed by atoms with van der Waals surface area (Å²) in [6.45, 7) is 3.94. The zero-order chi connectivity index (χ0) is 3.41. The molecule has 0 unspecified atom stereocenters.